The standard InChI is InChI=1S/C18H19NO6S/c1-19(18(20)11-13-3-5-14(23-2)6-4-13)26(21,22)15-7-8-16-17(12-15)25-10-9-24-16/h3-8,12H,9-11H2,1-2H3. The molecule has 26 heavy (non-hydrogen) atoms. The number of hydrogen-bond donors (Lipinski definition) is 0. The van der Waals surface area contributed by atoms with Crippen LogP contribution in [-0.2, 0) is 21.2 Å². The molecule has 2 aromatic carbocycles. The second-order valence-electron chi connectivity index (χ2n) is 5.70. The zero-order chi connectivity index (χ0) is 18.7. The number of sulfonamides is 1. The Labute approximate surface area is 152 Å². The van der Waals surface area contributed by atoms with Gasteiger partial charge in [0.25, 0.3) is 10.0 Å². The van der Waals surface area contributed by atoms with Crippen LogP contribution >= 0.6 is 0 Å². The summed E-state index contributed by atoms with van der Waals surface area (Å²) in [6, 6.07) is 11.2. The number of fused-ring (bicyclic) bond motifs is 1. The van der Waals surface area contributed by atoms with Crippen molar-refractivity contribution in [2.75, 3.05) is 27.4 Å². The Kier molecular flexibility index (Phi) is 5.03. The van der Waals surface area contributed by atoms with Crippen molar-refractivity contribution >= 4 is 15.9 Å². The summed E-state index contributed by atoms with van der Waals surface area (Å²) in [5, 5.41) is 0. The number of carbonyl (C=O) groups excluding carboxylic acids is 1. The smallest absolute Gasteiger partial charge is 0.266 e. The van der Waals surface area contributed by atoms with E-state index in [-0.39, 0.29) is 11.3 Å². The maximum absolute atomic E-state index is 12.7. The molecule has 3 rings (SSSR count). The number of rotatable bonds is 5. The molecule has 1 heterocycles. The highest BCUT2D eigenvalue weighted by Crippen LogP contribution is 2.33. The second-order valence-corrected chi connectivity index (χ2v) is 7.67. The van der Waals surface area contributed by atoms with Crippen molar-refractivity contribution in [1.29, 1.82) is 0 Å². The molecule has 0 spiro atoms. The number of nitrogens with zero attached hydrogens (tertiary/aromatic N) is 1. The summed E-state index contributed by atoms with van der Waals surface area (Å²) >= 11 is 0. The Hall–Kier alpha value is -2.74. The average Bonchev–Trinajstić information content (AvgIpc) is 2.67. The molecule has 0 N–H and O–H groups in total. The third-order valence-electron chi connectivity index (χ3n) is 4.04. The number of ether oxygens (including phenoxy) is 3. The first-order valence-electron chi connectivity index (χ1n) is 7.96. The van der Waals surface area contributed by atoms with Crippen LogP contribution in [0.5, 0.6) is 17.2 Å². The molecule has 0 fully saturated rings. The van der Waals surface area contributed by atoms with Crippen LogP contribution in [0.2, 0.25) is 0 Å². The first-order valence-corrected chi connectivity index (χ1v) is 9.40. The van der Waals surface area contributed by atoms with E-state index >= 15 is 0 Å². The fourth-order valence-corrected chi connectivity index (χ4v) is 3.65. The molecule has 0 saturated carbocycles. The van der Waals surface area contributed by atoms with Crippen molar-refractivity contribution in [1.82, 2.24) is 4.31 Å². The van der Waals surface area contributed by atoms with Crippen molar-refractivity contribution in [2.24, 2.45) is 0 Å². The topological polar surface area (TPSA) is 82.1 Å². The highest BCUT2D eigenvalue weighted by molar-refractivity contribution is 7.89. The summed E-state index contributed by atoms with van der Waals surface area (Å²) in [5.41, 5.74) is 0.694. The van der Waals surface area contributed by atoms with Crippen molar-refractivity contribution in [3.63, 3.8) is 0 Å². The minimum atomic E-state index is -3.98. The van der Waals surface area contributed by atoms with Gasteiger partial charge in [-0.3, -0.25) is 4.79 Å². The maximum Gasteiger partial charge on any atom is 0.266 e. The van der Waals surface area contributed by atoms with E-state index in [9.17, 15) is 13.2 Å². The zero-order valence-corrected chi connectivity index (χ0v) is 15.3. The van der Waals surface area contributed by atoms with E-state index in [1.807, 2.05) is 0 Å². The van der Waals surface area contributed by atoms with Crippen LogP contribution in [-0.4, -0.2) is 46.0 Å². The van der Waals surface area contributed by atoms with Crippen LogP contribution in [0, 0.1) is 0 Å². The number of methoxy groups -OCH3 is 1. The molecule has 0 saturated heterocycles. The van der Waals surface area contributed by atoms with E-state index in [1.54, 1.807) is 31.4 Å². The Bertz CT molecular complexity index is 908. The quantitative estimate of drug-likeness (QED) is 0.791. The van der Waals surface area contributed by atoms with Gasteiger partial charge in [0, 0.05) is 13.1 Å². The monoisotopic (exact) mass is 377 g/mol. The largest absolute Gasteiger partial charge is 0.497 e. The van der Waals surface area contributed by atoms with Crippen molar-refractivity contribution < 1.29 is 27.4 Å². The fraction of sp³-hybridized carbons (Fsp3) is 0.278. The van der Waals surface area contributed by atoms with Crippen LogP contribution in [0.3, 0.4) is 0 Å². The van der Waals surface area contributed by atoms with Crippen LogP contribution in [0.1, 0.15) is 5.56 Å². The number of likely N-dealkylation sites (N-methyl/N-ethyl adjacent to an activating group) is 1. The molecule has 138 valence electrons. The fourth-order valence-electron chi connectivity index (χ4n) is 2.51. The molecule has 1 amide bonds. The van der Waals surface area contributed by atoms with Gasteiger partial charge in [-0.25, -0.2) is 12.7 Å². The predicted molar refractivity (Wildman–Crippen MR) is 94.1 cm³/mol. The Morgan fingerprint density at radius 2 is 1.73 bits per heavy atom. The summed E-state index contributed by atoms with van der Waals surface area (Å²) in [5.74, 6) is 0.972. The van der Waals surface area contributed by atoms with E-state index in [0.29, 0.717) is 36.0 Å². The third kappa shape index (κ3) is 3.60. The summed E-state index contributed by atoms with van der Waals surface area (Å²) in [6.07, 6.45) is -0.0374. The maximum atomic E-state index is 12.7. The molecule has 0 bridgehead atoms. The molecule has 7 nitrogen and oxygen atoms in total. The van der Waals surface area contributed by atoms with Crippen LogP contribution < -0.4 is 14.2 Å². The van der Waals surface area contributed by atoms with Gasteiger partial charge in [-0.05, 0) is 29.8 Å². The molecule has 1 aliphatic rings. The lowest BCUT2D eigenvalue weighted by Gasteiger charge is -2.21. The molecule has 0 atom stereocenters. The van der Waals surface area contributed by atoms with Gasteiger partial charge >= 0.3 is 0 Å². The minimum absolute atomic E-state index is 0.0210. The normalized spacial score (nSPS) is 13.2. The Morgan fingerprint density at radius 3 is 2.38 bits per heavy atom. The van der Waals surface area contributed by atoms with E-state index in [4.69, 9.17) is 14.2 Å². The van der Waals surface area contributed by atoms with Gasteiger partial charge in [0.2, 0.25) is 5.91 Å². The van der Waals surface area contributed by atoms with Crippen molar-refractivity contribution in [2.45, 2.75) is 11.3 Å². The number of hydrogen-bond acceptors (Lipinski definition) is 6. The van der Waals surface area contributed by atoms with Gasteiger partial charge in [-0.2, -0.15) is 0 Å². The highest BCUT2D eigenvalue weighted by atomic mass is 32.2. The Balaban J connectivity index is 1.78. The first kappa shape index (κ1) is 18.1. The molecule has 0 aromatic heterocycles. The lowest BCUT2D eigenvalue weighted by molar-refractivity contribution is -0.124. The van der Waals surface area contributed by atoms with Crippen LogP contribution in [0.4, 0.5) is 0 Å². The lowest BCUT2D eigenvalue weighted by atomic mass is 10.1. The van der Waals surface area contributed by atoms with Crippen LogP contribution in [0.15, 0.2) is 47.4 Å². The zero-order valence-electron chi connectivity index (χ0n) is 14.5. The third-order valence-corrected chi connectivity index (χ3v) is 5.81. The summed E-state index contributed by atoms with van der Waals surface area (Å²) in [7, 11) is -1.18. The van der Waals surface area contributed by atoms with Gasteiger partial charge in [0.05, 0.1) is 18.4 Å². The van der Waals surface area contributed by atoms with Gasteiger partial charge in [0.15, 0.2) is 11.5 Å². The molecule has 8 heteroatoms. The van der Waals surface area contributed by atoms with E-state index in [2.05, 4.69) is 0 Å². The molecule has 0 radical (unpaired) electrons. The molecule has 0 unspecified atom stereocenters. The summed E-state index contributed by atoms with van der Waals surface area (Å²) in [4.78, 5) is 12.4. The lowest BCUT2D eigenvalue weighted by Crippen LogP contribution is -2.34. The molecule has 0 aliphatic carbocycles. The van der Waals surface area contributed by atoms with E-state index in [0.717, 1.165) is 4.31 Å². The van der Waals surface area contributed by atoms with Crippen LogP contribution in [0.25, 0.3) is 0 Å². The second kappa shape index (κ2) is 7.25. The van der Waals surface area contributed by atoms with Gasteiger partial charge in [-0.15, -0.1) is 0 Å². The van der Waals surface area contributed by atoms with Crippen molar-refractivity contribution in [3.8, 4) is 17.2 Å². The summed E-state index contributed by atoms with van der Waals surface area (Å²) in [6.45, 7) is 0.766. The minimum Gasteiger partial charge on any atom is -0.497 e. The Morgan fingerprint density at radius 1 is 1.08 bits per heavy atom. The molecule has 2 aromatic rings. The molecular formula is C18H19NO6S. The summed E-state index contributed by atoms with van der Waals surface area (Å²) < 4.78 is 42.1. The van der Waals surface area contributed by atoms with Gasteiger partial charge in [-0.1, -0.05) is 12.1 Å². The van der Waals surface area contributed by atoms with Gasteiger partial charge < -0.3 is 14.2 Å². The van der Waals surface area contributed by atoms with E-state index in [1.165, 1.54) is 25.2 Å². The van der Waals surface area contributed by atoms with Crippen molar-refractivity contribution in [3.05, 3.63) is 48.0 Å². The predicted octanol–water partition coefficient (Wildman–Crippen LogP) is 1.86. The SMILES string of the molecule is COc1ccc(CC(=O)N(C)S(=O)(=O)c2ccc3c(c2)OCCO3)cc1. The number of carbonyl (C=O) groups is 1. The number of amides is 1. The average molecular weight is 377 g/mol. The molecular weight excluding hydrogens is 358 g/mol. The molecule has 1 aliphatic heterocycles. The highest BCUT2D eigenvalue weighted by Gasteiger charge is 2.27. The van der Waals surface area contributed by atoms with E-state index < -0.39 is 15.9 Å². The first-order chi connectivity index (χ1) is 12.4. The van der Waals surface area contributed by atoms with Gasteiger partial charge in [0.1, 0.15) is 19.0 Å². The number of benzene rings is 2.